The van der Waals surface area contributed by atoms with Crippen molar-refractivity contribution < 1.29 is 4.79 Å². The maximum Gasteiger partial charge on any atom is 0.239 e. The summed E-state index contributed by atoms with van der Waals surface area (Å²) in [5.74, 6) is 0.513. The number of hydrogen-bond donors (Lipinski definition) is 1. The quantitative estimate of drug-likeness (QED) is 0.821. The van der Waals surface area contributed by atoms with E-state index in [-0.39, 0.29) is 11.9 Å². The Hall–Kier alpha value is -1.35. The summed E-state index contributed by atoms with van der Waals surface area (Å²) < 4.78 is 0. The topological polar surface area (TPSA) is 46.3 Å². The van der Waals surface area contributed by atoms with Crippen molar-refractivity contribution in [3.05, 3.63) is 35.9 Å². The molecule has 0 aliphatic carbocycles. The maximum atomic E-state index is 12.4. The second kappa shape index (κ2) is 7.95. The second-order valence-electron chi connectivity index (χ2n) is 5.48. The van der Waals surface area contributed by atoms with E-state index in [1.54, 1.807) is 0 Å². The molecule has 0 spiro atoms. The normalized spacial score (nSPS) is 12.5. The lowest BCUT2D eigenvalue weighted by atomic mass is 10.0. The van der Waals surface area contributed by atoms with Crippen molar-refractivity contribution >= 4 is 5.91 Å². The summed E-state index contributed by atoms with van der Waals surface area (Å²) in [7, 11) is 0. The van der Waals surface area contributed by atoms with Crippen LogP contribution in [0.15, 0.2) is 30.3 Å². The molecule has 106 valence electrons. The summed E-state index contributed by atoms with van der Waals surface area (Å²) in [6.07, 6.45) is 1.70. The second-order valence-corrected chi connectivity index (χ2v) is 5.48. The van der Waals surface area contributed by atoms with Gasteiger partial charge in [0.05, 0.1) is 6.04 Å². The van der Waals surface area contributed by atoms with Crippen LogP contribution in [0.2, 0.25) is 0 Å². The first-order valence-corrected chi connectivity index (χ1v) is 7.12. The molecule has 0 aliphatic rings. The molecule has 0 heterocycles. The van der Waals surface area contributed by atoms with Gasteiger partial charge in [-0.15, -0.1) is 0 Å². The zero-order valence-electron chi connectivity index (χ0n) is 12.3. The third kappa shape index (κ3) is 5.43. The van der Waals surface area contributed by atoms with Gasteiger partial charge in [0.15, 0.2) is 0 Å². The van der Waals surface area contributed by atoms with Gasteiger partial charge in [0, 0.05) is 13.1 Å². The van der Waals surface area contributed by atoms with Crippen LogP contribution < -0.4 is 5.73 Å². The molecule has 0 aromatic heterocycles. The number of nitrogens with zero attached hydrogens (tertiary/aromatic N) is 1. The highest BCUT2D eigenvalue weighted by atomic mass is 16.2. The zero-order valence-corrected chi connectivity index (χ0v) is 12.3. The average molecular weight is 262 g/mol. The van der Waals surface area contributed by atoms with Crippen LogP contribution in [0.4, 0.5) is 0 Å². The minimum Gasteiger partial charge on any atom is -0.337 e. The number of benzene rings is 1. The van der Waals surface area contributed by atoms with Gasteiger partial charge < -0.3 is 10.6 Å². The molecule has 1 rings (SSSR count). The molecule has 0 fully saturated rings. The van der Waals surface area contributed by atoms with Gasteiger partial charge in [-0.25, -0.2) is 0 Å². The Morgan fingerprint density at radius 3 is 2.42 bits per heavy atom. The summed E-state index contributed by atoms with van der Waals surface area (Å²) in [6.45, 7) is 7.68. The highest BCUT2D eigenvalue weighted by Crippen LogP contribution is 2.10. The monoisotopic (exact) mass is 262 g/mol. The molecule has 0 bridgehead atoms. The fourth-order valence-corrected chi connectivity index (χ4v) is 2.18. The molecule has 19 heavy (non-hydrogen) atoms. The van der Waals surface area contributed by atoms with Gasteiger partial charge in [0.25, 0.3) is 0 Å². The first kappa shape index (κ1) is 15.7. The minimum absolute atomic E-state index is 0.0689. The molecule has 2 N–H and O–H groups in total. The van der Waals surface area contributed by atoms with Crippen LogP contribution >= 0.6 is 0 Å². The standard InChI is InChI=1S/C16H26N2O/c1-4-10-18(12-14-8-6-5-7-9-14)16(19)15(17)11-13(2)3/h5-9,13,15H,4,10-12,17H2,1-3H3. The molecule has 1 atom stereocenters. The lowest BCUT2D eigenvalue weighted by molar-refractivity contribution is -0.133. The molecular formula is C16H26N2O. The highest BCUT2D eigenvalue weighted by molar-refractivity contribution is 5.81. The Bertz CT molecular complexity index is 376. The largest absolute Gasteiger partial charge is 0.337 e. The molecule has 3 nitrogen and oxygen atoms in total. The zero-order chi connectivity index (χ0) is 14.3. The van der Waals surface area contributed by atoms with Crippen molar-refractivity contribution in [3.63, 3.8) is 0 Å². The molecule has 0 aliphatic heterocycles. The van der Waals surface area contributed by atoms with Crippen molar-refractivity contribution in [1.29, 1.82) is 0 Å². The minimum atomic E-state index is -0.379. The van der Waals surface area contributed by atoms with Crippen molar-refractivity contribution in [3.8, 4) is 0 Å². The summed E-state index contributed by atoms with van der Waals surface area (Å²) in [5, 5.41) is 0. The van der Waals surface area contributed by atoms with Crippen molar-refractivity contribution in [2.45, 2.75) is 46.2 Å². The van der Waals surface area contributed by atoms with Crippen LogP contribution in [0, 0.1) is 5.92 Å². The summed E-state index contributed by atoms with van der Waals surface area (Å²) in [6, 6.07) is 9.69. The van der Waals surface area contributed by atoms with Gasteiger partial charge in [0.2, 0.25) is 5.91 Å². The van der Waals surface area contributed by atoms with Crippen LogP contribution in [0.1, 0.15) is 39.2 Å². The van der Waals surface area contributed by atoms with Crippen LogP contribution in [-0.4, -0.2) is 23.4 Å². The molecule has 1 amide bonds. The van der Waals surface area contributed by atoms with Crippen molar-refractivity contribution in [1.82, 2.24) is 4.90 Å². The fourth-order valence-electron chi connectivity index (χ4n) is 2.18. The number of amides is 1. The molecule has 1 aromatic rings. The first-order valence-electron chi connectivity index (χ1n) is 7.12. The third-order valence-electron chi connectivity index (χ3n) is 3.06. The van der Waals surface area contributed by atoms with Crippen LogP contribution in [-0.2, 0) is 11.3 Å². The van der Waals surface area contributed by atoms with Crippen molar-refractivity contribution in [2.75, 3.05) is 6.54 Å². The predicted octanol–water partition coefficient (Wildman–Crippen LogP) is 2.80. The highest BCUT2D eigenvalue weighted by Gasteiger charge is 2.21. The number of rotatable bonds is 7. The van der Waals surface area contributed by atoms with E-state index in [1.165, 1.54) is 0 Å². The van der Waals surface area contributed by atoms with E-state index < -0.39 is 0 Å². The molecule has 0 saturated heterocycles. The molecule has 1 unspecified atom stereocenters. The SMILES string of the molecule is CCCN(Cc1ccccc1)C(=O)C(N)CC(C)C. The van der Waals surface area contributed by atoms with Gasteiger partial charge >= 0.3 is 0 Å². The fraction of sp³-hybridized carbons (Fsp3) is 0.562. The van der Waals surface area contributed by atoms with Gasteiger partial charge in [-0.3, -0.25) is 4.79 Å². The van der Waals surface area contributed by atoms with Crippen LogP contribution in [0.5, 0.6) is 0 Å². The number of carbonyl (C=O) groups excluding carboxylic acids is 1. The van der Waals surface area contributed by atoms with Crippen molar-refractivity contribution in [2.24, 2.45) is 11.7 Å². The van der Waals surface area contributed by atoms with Gasteiger partial charge in [-0.05, 0) is 24.3 Å². The van der Waals surface area contributed by atoms with Crippen LogP contribution in [0.3, 0.4) is 0 Å². The van der Waals surface area contributed by atoms with E-state index in [1.807, 2.05) is 35.2 Å². The Balaban J connectivity index is 2.68. The number of carbonyl (C=O) groups is 1. The van der Waals surface area contributed by atoms with E-state index in [0.29, 0.717) is 12.5 Å². The average Bonchev–Trinajstić information content (AvgIpc) is 2.38. The van der Waals surface area contributed by atoms with Crippen LogP contribution in [0.25, 0.3) is 0 Å². The lowest BCUT2D eigenvalue weighted by Crippen LogP contribution is -2.44. The molecule has 0 radical (unpaired) electrons. The molecule has 0 saturated carbocycles. The third-order valence-corrected chi connectivity index (χ3v) is 3.06. The van der Waals surface area contributed by atoms with E-state index >= 15 is 0 Å². The van der Waals surface area contributed by atoms with E-state index in [2.05, 4.69) is 20.8 Å². The molecule has 3 heteroatoms. The Labute approximate surface area is 116 Å². The molecular weight excluding hydrogens is 236 g/mol. The van der Waals surface area contributed by atoms with Gasteiger partial charge in [-0.2, -0.15) is 0 Å². The van der Waals surface area contributed by atoms with Gasteiger partial charge in [0.1, 0.15) is 0 Å². The summed E-state index contributed by atoms with van der Waals surface area (Å²) in [5.41, 5.74) is 7.17. The maximum absolute atomic E-state index is 12.4. The smallest absolute Gasteiger partial charge is 0.239 e. The Kier molecular flexibility index (Phi) is 6.57. The Morgan fingerprint density at radius 1 is 1.26 bits per heavy atom. The summed E-state index contributed by atoms with van der Waals surface area (Å²) >= 11 is 0. The first-order chi connectivity index (χ1) is 9.04. The van der Waals surface area contributed by atoms with E-state index in [0.717, 1.165) is 24.9 Å². The molecule has 1 aromatic carbocycles. The number of hydrogen-bond acceptors (Lipinski definition) is 2. The van der Waals surface area contributed by atoms with E-state index in [9.17, 15) is 4.79 Å². The summed E-state index contributed by atoms with van der Waals surface area (Å²) in [4.78, 5) is 14.3. The lowest BCUT2D eigenvalue weighted by Gasteiger charge is -2.26. The number of nitrogens with two attached hydrogens (primary N) is 1. The predicted molar refractivity (Wildman–Crippen MR) is 79.6 cm³/mol. The Morgan fingerprint density at radius 2 is 1.89 bits per heavy atom. The van der Waals surface area contributed by atoms with Gasteiger partial charge in [-0.1, -0.05) is 51.1 Å². The van der Waals surface area contributed by atoms with E-state index in [4.69, 9.17) is 5.73 Å².